The van der Waals surface area contributed by atoms with E-state index in [0.29, 0.717) is 0 Å². The molecule has 0 aliphatic rings. The Kier molecular flexibility index (Phi) is 14.5. The molecule has 0 amide bonds. The molecular weight excluding hydrogens is 220 g/mol. The van der Waals surface area contributed by atoms with Gasteiger partial charge in [0, 0.05) is 6.54 Å². The molecule has 0 fully saturated rings. The molecule has 0 saturated carbocycles. The molecule has 102 valence electrons. The lowest BCUT2D eigenvalue weighted by atomic mass is 10.1. The van der Waals surface area contributed by atoms with Gasteiger partial charge in [-0.25, -0.2) is 0 Å². The second-order valence-corrected chi connectivity index (χ2v) is 3.55. The Hall–Kier alpha value is -1.33. The number of nitriles is 1. The van der Waals surface area contributed by atoms with Crippen molar-refractivity contribution < 1.29 is 0 Å². The Morgan fingerprint density at radius 3 is 1.94 bits per heavy atom. The minimum absolute atomic E-state index is 0.729. The lowest BCUT2D eigenvalue weighted by Crippen LogP contribution is -2.18. The summed E-state index contributed by atoms with van der Waals surface area (Å²) in [6.45, 7) is 12.2. The van der Waals surface area contributed by atoms with E-state index in [2.05, 4.69) is 24.9 Å². The van der Waals surface area contributed by atoms with E-state index in [1.165, 1.54) is 12.0 Å². The number of hydrogen-bond donors (Lipinski definition) is 0. The van der Waals surface area contributed by atoms with E-state index in [4.69, 9.17) is 5.26 Å². The molecule has 0 N–H and O–H groups in total. The van der Waals surface area contributed by atoms with Crippen LogP contribution in [0.1, 0.15) is 52.2 Å². The van der Waals surface area contributed by atoms with Crippen LogP contribution in [0, 0.1) is 11.3 Å². The second kappa shape index (κ2) is 13.7. The molecule has 0 aromatic heterocycles. The third-order valence-electron chi connectivity index (χ3n) is 2.14. The summed E-state index contributed by atoms with van der Waals surface area (Å²) in [4.78, 5) is 2.28. The fourth-order valence-corrected chi connectivity index (χ4v) is 1.46. The summed E-state index contributed by atoms with van der Waals surface area (Å²) < 4.78 is 0. The number of benzene rings is 1. The van der Waals surface area contributed by atoms with Crippen LogP contribution in [0.4, 0.5) is 0 Å². The molecule has 0 radical (unpaired) electrons. The minimum atomic E-state index is 0.729. The number of rotatable bonds is 4. The normalized spacial score (nSPS) is 8.56. The summed E-state index contributed by atoms with van der Waals surface area (Å²) in [6, 6.07) is 9.90. The highest BCUT2D eigenvalue weighted by molar-refractivity contribution is 5.31. The quantitative estimate of drug-likeness (QED) is 0.787. The summed E-state index contributed by atoms with van der Waals surface area (Å²) >= 11 is 0. The van der Waals surface area contributed by atoms with Gasteiger partial charge >= 0.3 is 0 Å². The summed E-state index contributed by atoms with van der Waals surface area (Å²) in [7, 11) is 2.11. The summed E-state index contributed by atoms with van der Waals surface area (Å²) in [6.07, 6.45) is 1.17. The molecule has 18 heavy (non-hydrogen) atoms. The van der Waals surface area contributed by atoms with E-state index in [1.807, 2.05) is 52.0 Å². The van der Waals surface area contributed by atoms with Gasteiger partial charge in [0.25, 0.3) is 0 Å². The van der Waals surface area contributed by atoms with E-state index in [0.717, 1.165) is 18.7 Å². The zero-order chi connectivity index (χ0) is 14.4. The highest BCUT2D eigenvalue weighted by Crippen LogP contribution is 2.05. The van der Waals surface area contributed by atoms with Gasteiger partial charge in [-0.05, 0) is 37.7 Å². The molecule has 1 aromatic carbocycles. The Morgan fingerprint density at radius 2 is 1.56 bits per heavy atom. The van der Waals surface area contributed by atoms with Crippen molar-refractivity contribution in [3.05, 3.63) is 35.4 Å². The molecule has 2 nitrogen and oxygen atoms in total. The second-order valence-electron chi connectivity index (χ2n) is 3.55. The van der Waals surface area contributed by atoms with E-state index >= 15 is 0 Å². The van der Waals surface area contributed by atoms with E-state index in [-0.39, 0.29) is 0 Å². The fourth-order valence-electron chi connectivity index (χ4n) is 1.46. The Labute approximate surface area is 113 Å². The summed E-state index contributed by atoms with van der Waals surface area (Å²) in [5.74, 6) is 0. The van der Waals surface area contributed by atoms with Crippen molar-refractivity contribution in [2.24, 2.45) is 0 Å². The van der Waals surface area contributed by atoms with Gasteiger partial charge in [0.1, 0.15) is 0 Å². The lowest BCUT2D eigenvalue weighted by molar-refractivity contribution is 0.327. The van der Waals surface area contributed by atoms with Crippen LogP contribution >= 0.6 is 0 Å². The smallest absolute Gasteiger partial charge is 0.0991 e. The maximum absolute atomic E-state index is 8.63. The SMILES string of the molecule is CC.CC.CCCN(C)Cc1ccc(C#N)cc1. The van der Waals surface area contributed by atoms with Crippen molar-refractivity contribution in [2.75, 3.05) is 13.6 Å². The van der Waals surface area contributed by atoms with Gasteiger partial charge in [-0.15, -0.1) is 0 Å². The molecule has 0 atom stereocenters. The monoisotopic (exact) mass is 248 g/mol. The molecule has 0 aliphatic carbocycles. The van der Waals surface area contributed by atoms with Gasteiger partial charge in [-0.1, -0.05) is 46.8 Å². The average Bonchev–Trinajstić information content (AvgIpc) is 2.44. The highest BCUT2D eigenvalue weighted by atomic mass is 15.1. The maximum Gasteiger partial charge on any atom is 0.0991 e. The Balaban J connectivity index is 0. The van der Waals surface area contributed by atoms with Crippen LogP contribution in [0.3, 0.4) is 0 Å². The van der Waals surface area contributed by atoms with Crippen molar-refractivity contribution in [3.8, 4) is 6.07 Å². The van der Waals surface area contributed by atoms with Crippen LogP contribution in [-0.2, 0) is 6.54 Å². The summed E-state index contributed by atoms with van der Waals surface area (Å²) in [5, 5.41) is 8.63. The number of nitrogens with zero attached hydrogens (tertiary/aromatic N) is 2. The van der Waals surface area contributed by atoms with Gasteiger partial charge in [0.2, 0.25) is 0 Å². The molecule has 0 heterocycles. The fraction of sp³-hybridized carbons (Fsp3) is 0.562. The zero-order valence-electron chi connectivity index (χ0n) is 12.8. The molecule has 2 heteroatoms. The standard InChI is InChI=1S/C12H16N2.2C2H6/c1-3-8-14(2)10-12-6-4-11(9-13)5-7-12;2*1-2/h4-7H,3,8,10H2,1-2H3;2*1-2H3. The Bertz CT molecular complexity index is 309. The van der Waals surface area contributed by atoms with Gasteiger partial charge in [-0.3, -0.25) is 0 Å². The maximum atomic E-state index is 8.63. The van der Waals surface area contributed by atoms with E-state index in [1.54, 1.807) is 0 Å². The highest BCUT2D eigenvalue weighted by Gasteiger charge is 1.98. The van der Waals surface area contributed by atoms with Crippen LogP contribution in [0.5, 0.6) is 0 Å². The van der Waals surface area contributed by atoms with Crippen molar-refractivity contribution in [1.29, 1.82) is 5.26 Å². The topological polar surface area (TPSA) is 27.0 Å². The van der Waals surface area contributed by atoms with E-state index < -0.39 is 0 Å². The van der Waals surface area contributed by atoms with Crippen molar-refractivity contribution in [3.63, 3.8) is 0 Å². The molecule has 0 unspecified atom stereocenters. The minimum Gasteiger partial charge on any atom is -0.302 e. The molecular formula is C16H28N2. The predicted octanol–water partition coefficient (Wildman–Crippen LogP) is 4.45. The molecule has 1 aromatic rings. The first-order chi connectivity index (χ1) is 8.76. The molecule has 1 rings (SSSR count). The van der Waals surface area contributed by atoms with Gasteiger partial charge in [-0.2, -0.15) is 5.26 Å². The van der Waals surface area contributed by atoms with Crippen molar-refractivity contribution in [2.45, 2.75) is 47.6 Å². The van der Waals surface area contributed by atoms with Crippen LogP contribution in [0.25, 0.3) is 0 Å². The molecule has 0 saturated heterocycles. The molecule has 0 spiro atoms. The van der Waals surface area contributed by atoms with Gasteiger partial charge in [0.05, 0.1) is 11.6 Å². The first-order valence-corrected chi connectivity index (χ1v) is 6.94. The van der Waals surface area contributed by atoms with Crippen LogP contribution in [0.2, 0.25) is 0 Å². The lowest BCUT2D eigenvalue weighted by Gasteiger charge is -2.15. The predicted molar refractivity (Wildman–Crippen MR) is 80.5 cm³/mol. The van der Waals surface area contributed by atoms with Crippen LogP contribution in [-0.4, -0.2) is 18.5 Å². The first-order valence-electron chi connectivity index (χ1n) is 6.94. The van der Waals surface area contributed by atoms with Crippen LogP contribution in [0.15, 0.2) is 24.3 Å². The third kappa shape index (κ3) is 8.78. The van der Waals surface area contributed by atoms with Crippen LogP contribution < -0.4 is 0 Å². The zero-order valence-corrected chi connectivity index (χ0v) is 12.8. The van der Waals surface area contributed by atoms with Gasteiger partial charge < -0.3 is 4.90 Å². The Morgan fingerprint density at radius 1 is 1.06 bits per heavy atom. The van der Waals surface area contributed by atoms with E-state index in [9.17, 15) is 0 Å². The average molecular weight is 248 g/mol. The largest absolute Gasteiger partial charge is 0.302 e. The summed E-state index contributed by atoms with van der Waals surface area (Å²) in [5.41, 5.74) is 1.99. The first kappa shape index (κ1) is 19.0. The molecule has 0 aliphatic heterocycles. The van der Waals surface area contributed by atoms with Crippen molar-refractivity contribution in [1.82, 2.24) is 4.90 Å². The number of hydrogen-bond acceptors (Lipinski definition) is 2. The third-order valence-corrected chi connectivity index (χ3v) is 2.14. The van der Waals surface area contributed by atoms with Crippen molar-refractivity contribution >= 4 is 0 Å². The molecule has 0 bridgehead atoms. The van der Waals surface area contributed by atoms with Gasteiger partial charge in [0.15, 0.2) is 0 Å².